The Morgan fingerprint density at radius 3 is 2.56 bits per heavy atom. The molecule has 176 valence electrons. The van der Waals surface area contributed by atoms with Crippen LogP contribution in [0, 0.1) is 0 Å². The van der Waals surface area contributed by atoms with Crippen molar-refractivity contribution in [2.45, 2.75) is 11.0 Å². The quantitative estimate of drug-likeness (QED) is 0.576. The first-order chi connectivity index (χ1) is 16.4. The zero-order valence-corrected chi connectivity index (χ0v) is 19.1. The van der Waals surface area contributed by atoms with Gasteiger partial charge in [0.25, 0.3) is 15.9 Å². The van der Waals surface area contributed by atoms with Crippen LogP contribution in [0.3, 0.4) is 0 Å². The van der Waals surface area contributed by atoms with E-state index < -0.39 is 10.0 Å². The molecule has 0 saturated carbocycles. The van der Waals surface area contributed by atoms with E-state index in [1.165, 1.54) is 23.1 Å². The minimum atomic E-state index is -3.93. The largest absolute Gasteiger partial charge is 0.486 e. The maximum atomic E-state index is 13.0. The molecule has 1 amide bonds. The number of benzene rings is 3. The molecule has 9 nitrogen and oxygen atoms in total. The number of amides is 1. The van der Waals surface area contributed by atoms with E-state index in [1.54, 1.807) is 31.3 Å². The van der Waals surface area contributed by atoms with Gasteiger partial charge in [0.2, 0.25) is 6.79 Å². The molecule has 2 heterocycles. The number of carbonyl (C=O) groups excluding carboxylic acids is 1. The molecule has 0 spiro atoms. The van der Waals surface area contributed by atoms with E-state index >= 15 is 0 Å². The van der Waals surface area contributed by atoms with Gasteiger partial charge in [-0.3, -0.25) is 9.52 Å². The molecule has 2 aliphatic heterocycles. The van der Waals surface area contributed by atoms with Crippen LogP contribution in [0.2, 0.25) is 0 Å². The summed E-state index contributed by atoms with van der Waals surface area (Å²) in [6.45, 7) is 0.676. The van der Waals surface area contributed by atoms with Crippen LogP contribution in [0.5, 0.6) is 23.0 Å². The smallest absolute Gasteiger partial charge is 0.261 e. The van der Waals surface area contributed by atoms with Crippen LogP contribution < -0.4 is 23.7 Å². The van der Waals surface area contributed by atoms with Crippen LogP contribution in [0.25, 0.3) is 0 Å². The van der Waals surface area contributed by atoms with Gasteiger partial charge in [-0.1, -0.05) is 18.2 Å². The van der Waals surface area contributed by atoms with Gasteiger partial charge in [-0.05, 0) is 42.5 Å². The third-order valence-corrected chi connectivity index (χ3v) is 6.79. The summed E-state index contributed by atoms with van der Waals surface area (Å²) in [6, 6.07) is 18.0. The Morgan fingerprint density at radius 1 is 0.941 bits per heavy atom. The first-order valence-corrected chi connectivity index (χ1v) is 12.0. The van der Waals surface area contributed by atoms with E-state index in [0.717, 1.165) is 0 Å². The molecule has 0 aromatic heterocycles. The van der Waals surface area contributed by atoms with Gasteiger partial charge in [0.05, 0.1) is 17.1 Å². The highest BCUT2D eigenvalue weighted by atomic mass is 32.2. The molecule has 0 aliphatic carbocycles. The molecule has 0 bridgehead atoms. The standard InChI is InChI=1S/C24H22N2O7S/c1-26(13-18-14-30-20-7-2-3-8-22(20)33-18)24(27)16-5-4-6-19(11-16)34(28,29)25-17-9-10-21-23(12-17)32-15-31-21/h2-12,18,25H,13-15H2,1H3/t18-/m0/s1. The van der Waals surface area contributed by atoms with Crippen LogP contribution in [0.4, 0.5) is 5.69 Å². The molecule has 3 aromatic carbocycles. The Kier molecular flexibility index (Phi) is 5.66. The Morgan fingerprint density at radius 2 is 1.71 bits per heavy atom. The molecule has 34 heavy (non-hydrogen) atoms. The topological polar surface area (TPSA) is 103 Å². The summed E-state index contributed by atoms with van der Waals surface area (Å²) >= 11 is 0. The van der Waals surface area contributed by atoms with E-state index in [-0.39, 0.29) is 35.8 Å². The molecule has 1 N–H and O–H groups in total. The molecular weight excluding hydrogens is 460 g/mol. The normalized spacial score (nSPS) is 16.1. The van der Waals surface area contributed by atoms with Crippen molar-refractivity contribution in [3.8, 4) is 23.0 Å². The number of nitrogens with zero attached hydrogens (tertiary/aromatic N) is 1. The second-order valence-electron chi connectivity index (χ2n) is 7.88. The lowest BCUT2D eigenvalue weighted by molar-refractivity contribution is 0.0521. The maximum Gasteiger partial charge on any atom is 0.261 e. The number of hydrogen-bond donors (Lipinski definition) is 1. The van der Waals surface area contributed by atoms with E-state index in [1.807, 2.05) is 24.3 Å². The lowest BCUT2D eigenvalue weighted by Crippen LogP contribution is -2.41. The predicted octanol–water partition coefficient (Wildman–Crippen LogP) is 3.13. The van der Waals surface area contributed by atoms with Gasteiger partial charge in [-0.2, -0.15) is 0 Å². The minimum Gasteiger partial charge on any atom is -0.486 e. The third-order valence-electron chi connectivity index (χ3n) is 5.41. The van der Waals surface area contributed by atoms with Crippen LogP contribution in [0.15, 0.2) is 71.6 Å². The summed E-state index contributed by atoms with van der Waals surface area (Å²) < 4.78 is 50.5. The number of fused-ring (bicyclic) bond motifs is 2. The number of rotatable bonds is 6. The van der Waals surface area contributed by atoms with Gasteiger partial charge < -0.3 is 23.8 Å². The zero-order valence-electron chi connectivity index (χ0n) is 18.3. The summed E-state index contributed by atoms with van der Waals surface area (Å²) in [5.74, 6) is 1.97. The summed E-state index contributed by atoms with van der Waals surface area (Å²) in [5, 5.41) is 0. The van der Waals surface area contributed by atoms with E-state index in [9.17, 15) is 13.2 Å². The monoisotopic (exact) mass is 482 g/mol. The van der Waals surface area contributed by atoms with Crippen LogP contribution in [-0.2, 0) is 10.0 Å². The first kappa shape index (κ1) is 21.9. The first-order valence-electron chi connectivity index (χ1n) is 10.6. The second-order valence-corrected chi connectivity index (χ2v) is 9.57. The SMILES string of the molecule is CN(C[C@H]1COc2ccccc2O1)C(=O)c1cccc(S(=O)(=O)Nc2ccc3c(c2)OCO3)c1. The number of likely N-dealkylation sites (N-methyl/N-ethyl adjacent to an activating group) is 1. The number of carbonyl (C=O) groups is 1. The highest BCUT2D eigenvalue weighted by Gasteiger charge is 2.25. The van der Waals surface area contributed by atoms with Crippen LogP contribution in [-0.4, -0.2) is 52.3 Å². The Labute approximate surface area is 196 Å². The van der Waals surface area contributed by atoms with Gasteiger partial charge in [0.15, 0.2) is 29.1 Å². The molecular formula is C24H22N2O7S. The van der Waals surface area contributed by atoms with Gasteiger partial charge in [-0.25, -0.2) is 8.42 Å². The molecule has 5 rings (SSSR count). The van der Waals surface area contributed by atoms with E-state index in [2.05, 4.69) is 4.72 Å². The van der Waals surface area contributed by atoms with E-state index in [0.29, 0.717) is 35.3 Å². The highest BCUT2D eigenvalue weighted by molar-refractivity contribution is 7.92. The summed E-state index contributed by atoms with van der Waals surface area (Å²) in [4.78, 5) is 14.5. The molecule has 2 aliphatic rings. The maximum absolute atomic E-state index is 13.0. The van der Waals surface area contributed by atoms with Crippen LogP contribution >= 0.6 is 0 Å². The van der Waals surface area contributed by atoms with E-state index in [4.69, 9.17) is 18.9 Å². The highest BCUT2D eigenvalue weighted by Crippen LogP contribution is 2.35. The van der Waals surface area contributed by atoms with Crippen molar-refractivity contribution in [2.24, 2.45) is 0 Å². The van der Waals surface area contributed by atoms with Gasteiger partial charge in [0.1, 0.15) is 6.61 Å². The molecule has 0 saturated heterocycles. The van der Waals surface area contributed by atoms with Crippen molar-refractivity contribution in [3.63, 3.8) is 0 Å². The number of ether oxygens (including phenoxy) is 4. The molecule has 0 unspecified atom stereocenters. The van der Waals surface area contributed by atoms with Crippen LogP contribution in [0.1, 0.15) is 10.4 Å². The molecule has 0 radical (unpaired) electrons. The lowest BCUT2D eigenvalue weighted by atomic mass is 10.2. The molecule has 0 fully saturated rings. The van der Waals surface area contributed by atoms with Crippen molar-refractivity contribution in [2.75, 3.05) is 31.7 Å². The fourth-order valence-electron chi connectivity index (χ4n) is 3.73. The summed E-state index contributed by atoms with van der Waals surface area (Å²) in [7, 11) is -2.30. The fraction of sp³-hybridized carbons (Fsp3) is 0.208. The van der Waals surface area contributed by atoms with Crippen molar-refractivity contribution < 1.29 is 32.2 Å². The zero-order chi connectivity index (χ0) is 23.7. The molecule has 10 heteroatoms. The van der Waals surface area contributed by atoms with Crippen molar-refractivity contribution in [3.05, 3.63) is 72.3 Å². The minimum absolute atomic E-state index is 0.0319. The molecule has 3 aromatic rings. The van der Waals surface area contributed by atoms with Crippen molar-refractivity contribution in [1.29, 1.82) is 0 Å². The second kappa shape index (κ2) is 8.79. The summed E-state index contributed by atoms with van der Waals surface area (Å²) in [6.07, 6.45) is -0.344. The Balaban J connectivity index is 1.28. The Bertz CT molecular complexity index is 1340. The number of anilines is 1. The Hall–Kier alpha value is -3.92. The summed E-state index contributed by atoms with van der Waals surface area (Å²) in [5.41, 5.74) is 0.570. The number of sulfonamides is 1. The number of para-hydroxylation sites is 2. The number of nitrogens with one attached hydrogen (secondary N) is 1. The van der Waals surface area contributed by atoms with Crippen molar-refractivity contribution >= 4 is 21.6 Å². The third kappa shape index (κ3) is 4.44. The average Bonchev–Trinajstić information content (AvgIpc) is 3.31. The van der Waals surface area contributed by atoms with Crippen molar-refractivity contribution in [1.82, 2.24) is 4.90 Å². The average molecular weight is 483 g/mol. The predicted molar refractivity (Wildman–Crippen MR) is 123 cm³/mol. The fourth-order valence-corrected chi connectivity index (χ4v) is 4.83. The van der Waals surface area contributed by atoms with Gasteiger partial charge in [0, 0.05) is 18.7 Å². The number of hydrogen-bond acceptors (Lipinski definition) is 7. The lowest BCUT2D eigenvalue weighted by Gasteiger charge is -2.29. The molecule has 1 atom stereocenters. The van der Waals surface area contributed by atoms with Gasteiger partial charge >= 0.3 is 0 Å². The van der Waals surface area contributed by atoms with Gasteiger partial charge in [-0.15, -0.1) is 0 Å².